The molecule has 1 amide bonds. The lowest BCUT2D eigenvalue weighted by Crippen LogP contribution is -2.14. The van der Waals surface area contributed by atoms with E-state index in [0.717, 1.165) is 5.69 Å². The summed E-state index contributed by atoms with van der Waals surface area (Å²) in [6, 6.07) is 8.72. The molecule has 0 aliphatic carbocycles. The van der Waals surface area contributed by atoms with Crippen molar-refractivity contribution < 1.29 is 4.79 Å². The number of carbonyl (C=O) groups is 1. The minimum atomic E-state index is -0.292. The van der Waals surface area contributed by atoms with E-state index in [1.807, 2.05) is 0 Å². The van der Waals surface area contributed by atoms with Gasteiger partial charge in [0.25, 0.3) is 5.91 Å². The van der Waals surface area contributed by atoms with Crippen LogP contribution in [-0.4, -0.2) is 17.9 Å². The Balaban J connectivity index is 2.23. The lowest BCUT2D eigenvalue weighted by Gasteiger charge is -2.08. The molecule has 0 bridgehead atoms. The van der Waals surface area contributed by atoms with Gasteiger partial charge in [-0.05, 0) is 40.2 Å². The fraction of sp³-hybridized carbons (Fsp3) is 0.0769. The molecule has 0 saturated carbocycles. The second kappa shape index (κ2) is 6.04. The van der Waals surface area contributed by atoms with Gasteiger partial charge in [-0.25, -0.2) is 0 Å². The highest BCUT2D eigenvalue weighted by molar-refractivity contribution is 9.10. The molecule has 1 aromatic heterocycles. The van der Waals surface area contributed by atoms with E-state index in [-0.39, 0.29) is 5.91 Å². The molecular formula is C13H11BrClN3O. The number of hydrogen-bond acceptors (Lipinski definition) is 3. The van der Waals surface area contributed by atoms with Crippen molar-refractivity contribution in [1.82, 2.24) is 4.98 Å². The highest BCUT2D eigenvalue weighted by Gasteiger charge is 2.11. The summed E-state index contributed by atoms with van der Waals surface area (Å²) in [5.74, 6) is -0.292. The molecule has 0 atom stereocenters. The molecule has 2 N–H and O–H groups in total. The third kappa shape index (κ3) is 3.24. The van der Waals surface area contributed by atoms with Crippen LogP contribution in [-0.2, 0) is 0 Å². The topological polar surface area (TPSA) is 54.0 Å². The number of halogens is 2. The Labute approximate surface area is 124 Å². The maximum Gasteiger partial charge on any atom is 0.274 e. The average molecular weight is 341 g/mol. The fourth-order valence-corrected chi connectivity index (χ4v) is 2.03. The zero-order chi connectivity index (χ0) is 13.8. The number of anilines is 2. The first-order valence-corrected chi connectivity index (χ1v) is 6.68. The van der Waals surface area contributed by atoms with Gasteiger partial charge in [-0.2, -0.15) is 0 Å². The molecule has 19 heavy (non-hydrogen) atoms. The summed E-state index contributed by atoms with van der Waals surface area (Å²) in [4.78, 5) is 16.1. The second-order valence-electron chi connectivity index (χ2n) is 3.74. The highest BCUT2D eigenvalue weighted by Crippen LogP contribution is 2.30. The summed E-state index contributed by atoms with van der Waals surface area (Å²) in [5, 5.41) is 6.25. The minimum Gasteiger partial charge on any atom is -0.388 e. The summed E-state index contributed by atoms with van der Waals surface area (Å²) >= 11 is 9.30. The highest BCUT2D eigenvalue weighted by atomic mass is 79.9. The molecule has 0 radical (unpaired) electrons. The second-order valence-corrected chi connectivity index (χ2v) is 4.94. The smallest absolute Gasteiger partial charge is 0.274 e. The van der Waals surface area contributed by atoms with Crippen molar-refractivity contribution in [3.05, 3.63) is 51.7 Å². The van der Waals surface area contributed by atoms with E-state index in [4.69, 9.17) is 11.6 Å². The molecule has 0 saturated heterocycles. The van der Waals surface area contributed by atoms with Gasteiger partial charge < -0.3 is 10.6 Å². The van der Waals surface area contributed by atoms with E-state index >= 15 is 0 Å². The molecule has 6 heteroatoms. The molecule has 2 aromatic rings. The Kier molecular flexibility index (Phi) is 4.39. The Morgan fingerprint density at radius 3 is 2.89 bits per heavy atom. The molecule has 1 heterocycles. The van der Waals surface area contributed by atoms with Crippen molar-refractivity contribution in [2.45, 2.75) is 0 Å². The maximum atomic E-state index is 12.1. The van der Waals surface area contributed by atoms with Gasteiger partial charge in [-0.3, -0.25) is 9.78 Å². The van der Waals surface area contributed by atoms with Gasteiger partial charge in [0.2, 0.25) is 0 Å². The minimum absolute atomic E-state index is 0.292. The van der Waals surface area contributed by atoms with E-state index < -0.39 is 0 Å². The maximum absolute atomic E-state index is 12.1. The van der Waals surface area contributed by atoms with Crippen LogP contribution in [0.5, 0.6) is 0 Å². The quantitative estimate of drug-likeness (QED) is 0.894. The predicted octanol–water partition coefficient (Wildman–Crippen LogP) is 3.79. The van der Waals surface area contributed by atoms with Crippen molar-refractivity contribution >= 4 is 44.8 Å². The number of amides is 1. The van der Waals surface area contributed by atoms with Gasteiger partial charge in [0.1, 0.15) is 5.69 Å². The van der Waals surface area contributed by atoms with Crippen LogP contribution in [0.15, 0.2) is 41.0 Å². The van der Waals surface area contributed by atoms with Gasteiger partial charge >= 0.3 is 0 Å². The van der Waals surface area contributed by atoms with Crippen LogP contribution >= 0.6 is 27.5 Å². The summed E-state index contributed by atoms with van der Waals surface area (Å²) in [5.41, 5.74) is 1.76. The van der Waals surface area contributed by atoms with Crippen molar-refractivity contribution in [2.24, 2.45) is 0 Å². The largest absolute Gasteiger partial charge is 0.388 e. The summed E-state index contributed by atoms with van der Waals surface area (Å²) in [6.45, 7) is 0. The Morgan fingerprint density at radius 2 is 2.16 bits per heavy atom. The zero-order valence-electron chi connectivity index (χ0n) is 10.1. The Bertz CT molecular complexity index is 619. The van der Waals surface area contributed by atoms with Crippen LogP contribution in [0, 0.1) is 0 Å². The lowest BCUT2D eigenvalue weighted by atomic mass is 10.2. The summed E-state index contributed by atoms with van der Waals surface area (Å²) in [7, 11) is 1.78. The number of benzene rings is 1. The van der Waals surface area contributed by atoms with Crippen LogP contribution in [0.25, 0.3) is 0 Å². The molecule has 98 valence electrons. The fourth-order valence-electron chi connectivity index (χ4n) is 1.50. The van der Waals surface area contributed by atoms with Crippen molar-refractivity contribution in [2.75, 3.05) is 17.7 Å². The van der Waals surface area contributed by atoms with Gasteiger partial charge in [0.05, 0.1) is 15.2 Å². The summed E-state index contributed by atoms with van der Waals surface area (Å²) in [6.07, 6.45) is 1.58. The lowest BCUT2D eigenvalue weighted by molar-refractivity contribution is 0.102. The average Bonchev–Trinajstić information content (AvgIpc) is 2.44. The molecular weight excluding hydrogens is 330 g/mol. The van der Waals surface area contributed by atoms with Crippen LogP contribution in [0.3, 0.4) is 0 Å². The molecule has 2 rings (SSSR count). The zero-order valence-corrected chi connectivity index (χ0v) is 12.4. The van der Waals surface area contributed by atoms with Crippen molar-refractivity contribution in [3.8, 4) is 0 Å². The third-order valence-electron chi connectivity index (χ3n) is 2.48. The number of hydrogen-bond donors (Lipinski definition) is 2. The monoisotopic (exact) mass is 339 g/mol. The van der Waals surface area contributed by atoms with Crippen LogP contribution in [0.1, 0.15) is 10.5 Å². The molecule has 0 aliphatic heterocycles. The first-order chi connectivity index (χ1) is 9.11. The number of nitrogens with one attached hydrogen (secondary N) is 2. The Morgan fingerprint density at radius 1 is 1.37 bits per heavy atom. The standard InChI is InChI=1S/C13H11BrClN3O/c1-16-8-5-6-17-11(7-8)13(19)18-10-4-2-3-9(15)12(10)14/h2-7H,1H3,(H,16,17)(H,18,19). The van der Waals surface area contributed by atoms with Crippen LogP contribution in [0.2, 0.25) is 5.02 Å². The SMILES string of the molecule is CNc1ccnc(C(=O)Nc2cccc(Cl)c2Br)c1. The van der Waals surface area contributed by atoms with E-state index in [1.54, 1.807) is 43.6 Å². The van der Waals surface area contributed by atoms with E-state index in [9.17, 15) is 4.79 Å². The van der Waals surface area contributed by atoms with Crippen LogP contribution in [0.4, 0.5) is 11.4 Å². The van der Waals surface area contributed by atoms with Gasteiger partial charge in [0, 0.05) is 18.9 Å². The Hall–Kier alpha value is -1.59. The van der Waals surface area contributed by atoms with Crippen molar-refractivity contribution in [3.63, 3.8) is 0 Å². The number of nitrogens with zero attached hydrogens (tertiary/aromatic N) is 1. The number of aromatic nitrogens is 1. The molecule has 4 nitrogen and oxygen atoms in total. The van der Waals surface area contributed by atoms with E-state index in [2.05, 4.69) is 31.5 Å². The molecule has 0 spiro atoms. The summed E-state index contributed by atoms with van der Waals surface area (Å²) < 4.78 is 0.648. The van der Waals surface area contributed by atoms with Crippen molar-refractivity contribution in [1.29, 1.82) is 0 Å². The molecule has 0 aliphatic rings. The molecule has 1 aromatic carbocycles. The van der Waals surface area contributed by atoms with Gasteiger partial charge in [-0.15, -0.1) is 0 Å². The number of pyridine rings is 1. The number of rotatable bonds is 3. The van der Waals surface area contributed by atoms with Gasteiger partial charge in [-0.1, -0.05) is 17.7 Å². The van der Waals surface area contributed by atoms with E-state index in [1.165, 1.54) is 0 Å². The molecule has 0 fully saturated rings. The van der Waals surface area contributed by atoms with Gasteiger partial charge in [0.15, 0.2) is 0 Å². The molecule has 0 unspecified atom stereocenters. The number of carbonyl (C=O) groups excluding carboxylic acids is 1. The van der Waals surface area contributed by atoms with Crippen LogP contribution < -0.4 is 10.6 Å². The third-order valence-corrected chi connectivity index (χ3v) is 3.88. The first-order valence-electron chi connectivity index (χ1n) is 5.51. The van der Waals surface area contributed by atoms with E-state index in [0.29, 0.717) is 20.9 Å². The first kappa shape index (κ1) is 13.8. The normalized spacial score (nSPS) is 10.1. The predicted molar refractivity (Wildman–Crippen MR) is 80.9 cm³/mol.